The molecule has 4 heterocycles. The number of ether oxygens (including phenoxy) is 2. The maximum absolute atomic E-state index is 14.2. The van der Waals surface area contributed by atoms with E-state index in [2.05, 4.69) is 125 Å². The summed E-state index contributed by atoms with van der Waals surface area (Å²) in [7, 11) is 0. The lowest BCUT2D eigenvalue weighted by Gasteiger charge is -2.33. The molecular formula is C62H44B2O4. The van der Waals surface area contributed by atoms with Crippen molar-refractivity contribution in [2.75, 3.05) is 0 Å². The van der Waals surface area contributed by atoms with E-state index in [9.17, 15) is 9.59 Å². The van der Waals surface area contributed by atoms with Crippen LogP contribution in [0.25, 0.3) is 76.8 Å². The Morgan fingerprint density at radius 1 is 0.397 bits per heavy atom. The average Bonchev–Trinajstić information content (AvgIpc) is 3.89. The molecule has 10 aromatic carbocycles. The first-order chi connectivity index (χ1) is 33.2. The Bertz CT molecular complexity index is 3600. The van der Waals surface area contributed by atoms with Crippen LogP contribution in [0.3, 0.4) is 0 Å². The number of benzene rings is 10. The zero-order chi connectivity index (χ0) is 45.7. The molecule has 0 bridgehead atoms. The SMILES string of the molecule is CC(C)c1cc2c3c(cc4c(C(C)C)cc5c6c(cc1c3c46)B1c3ccccc3-c3cc(C(=O)OCc4ccccc4)cc-5c31)B1c3ccccc3-c3cc(C(=O)OCc4ccccc4)cc-2c31. The van der Waals surface area contributed by atoms with Gasteiger partial charge < -0.3 is 9.47 Å². The van der Waals surface area contributed by atoms with Gasteiger partial charge >= 0.3 is 11.9 Å². The summed E-state index contributed by atoms with van der Waals surface area (Å²) >= 11 is 0. The highest BCUT2D eigenvalue weighted by atomic mass is 16.5. The molecule has 0 spiro atoms. The predicted octanol–water partition coefficient (Wildman–Crippen LogP) is 10.5. The third-order valence-corrected chi connectivity index (χ3v) is 15.6. The molecule has 0 aliphatic carbocycles. The van der Waals surface area contributed by atoms with Crippen molar-refractivity contribution in [3.63, 3.8) is 0 Å². The average molecular weight is 875 g/mol. The van der Waals surface area contributed by atoms with Crippen LogP contribution in [-0.2, 0) is 22.7 Å². The maximum atomic E-state index is 14.2. The topological polar surface area (TPSA) is 52.6 Å². The minimum Gasteiger partial charge on any atom is -0.457 e. The van der Waals surface area contributed by atoms with Crippen LogP contribution in [0.15, 0.2) is 158 Å². The molecule has 6 heteroatoms. The quantitative estimate of drug-likeness (QED) is 0.0867. The number of hydrogen-bond donors (Lipinski definition) is 0. The van der Waals surface area contributed by atoms with Gasteiger partial charge in [0.25, 0.3) is 0 Å². The second-order valence-electron chi connectivity index (χ2n) is 20.0. The van der Waals surface area contributed by atoms with E-state index in [0.29, 0.717) is 11.1 Å². The van der Waals surface area contributed by atoms with Crippen molar-refractivity contribution >= 4 is 90.5 Å². The molecule has 0 radical (unpaired) electrons. The Balaban J connectivity index is 1.06. The summed E-state index contributed by atoms with van der Waals surface area (Å²) in [4.78, 5) is 28.4. The summed E-state index contributed by atoms with van der Waals surface area (Å²) in [6.45, 7) is 9.67. The van der Waals surface area contributed by atoms with Crippen LogP contribution in [0.4, 0.5) is 0 Å². The van der Waals surface area contributed by atoms with Gasteiger partial charge in [0.05, 0.1) is 11.1 Å². The van der Waals surface area contributed by atoms with E-state index in [4.69, 9.17) is 9.47 Å². The van der Waals surface area contributed by atoms with Crippen molar-refractivity contribution in [1.29, 1.82) is 0 Å². The molecule has 0 saturated heterocycles. The smallest absolute Gasteiger partial charge is 0.338 e. The molecule has 0 aromatic heterocycles. The normalized spacial score (nSPS) is 13.1. The van der Waals surface area contributed by atoms with E-state index < -0.39 is 0 Å². The summed E-state index contributed by atoms with van der Waals surface area (Å²) in [5, 5.41) is 7.71. The van der Waals surface area contributed by atoms with E-state index in [0.717, 1.165) is 33.4 Å². The fourth-order valence-electron chi connectivity index (χ4n) is 12.8. The van der Waals surface area contributed by atoms with E-state index in [1.54, 1.807) is 0 Å². The number of fused-ring (bicyclic) bond motifs is 10. The first-order valence-corrected chi connectivity index (χ1v) is 24.1. The van der Waals surface area contributed by atoms with Crippen molar-refractivity contribution in [3.05, 3.63) is 191 Å². The first-order valence-electron chi connectivity index (χ1n) is 24.1. The van der Waals surface area contributed by atoms with E-state index in [1.165, 1.54) is 98.5 Å². The minimum absolute atomic E-state index is 0.00360. The monoisotopic (exact) mass is 874 g/mol. The summed E-state index contributed by atoms with van der Waals surface area (Å²) in [6, 6.07) is 55.8. The molecule has 14 rings (SSSR count). The summed E-state index contributed by atoms with van der Waals surface area (Å²) in [5.41, 5.74) is 22.5. The molecule has 4 aliphatic heterocycles. The molecule has 322 valence electrons. The predicted molar refractivity (Wildman–Crippen MR) is 281 cm³/mol. The summed E-state index contributed by atoms with van der Waals surface area (Å²) < 4.78 is 12.1. The van der Waals surface area contributed by atoms with Gasteiger partial charge in [-0.1, -0.05) is 182 Å². The van der Waals surface area contributed by atoms with Crippen molar-refractivity contribution in [2.45, 2.75) is 52.7 Å². The van der Waals surface area contributed by atoms with Crippen LogP contribution >= 0.6 is 0 Å². The molecule has 4 nitrogen and oxygen atoms in total. The van der Waals surface area contributed by atoms with Crippen LogP contribution in [0.5, 0.6) is 0 Å². The summed E-state index contributed by atoms with van der Waals surface area (Å²) in [6.07, 6.45) is 0. The summed E-state index contributed by atoms with van der Waals surface area (Å²) in [5.74, 6) is -0.219. The lowest BCUT2D eigenvalue weighted by atomic mass is 9.34. The van der Waals surface area contributed by atoms with Crippen LogP contribution in [0.2, 0.25) is 0 Å². The van der Waals surface area contributed by atoms with Gasteiger partial charge in [-0.05, 0) is 147 Å². The van der Waals surface area contributed by atoms with E-state index in [1.807, 2.05) is 60.7 Å². The van der Waals surface area contributed by atoms with Gasteiger partial charge in [0.15, 0.2) is 0 Å². The molecule has 10 aromatic rings. The number of hydrogen-bond acceptors (Lipinski definition) is 4. The third-order valence-electron chi connectivity index (χ3n) is 15.6. The zero-order valence-corrected chi connectivity index (χ0v) is 38.4. The van der Waals surface area contributed by atoms with Gasteiger partial charge in [-0.3, -0.25) is 0 Å². The Morgan fingerprint density at radius 3 is 1.16 bits per heavy atom. The van der Waals surface area contributed by atoms with Gasteiger partial charge in [-0.25, -0.2) is 9.59 Å². The Labute approximate surface area is 396 Å². The molecule has 0 atom stereocenters. The molecule has 68 heavy (non-hydrogen) atoms. The van der Waals surface area contributed by atoms with Crippen LogP contribution in [0.1, 0.15) is 82.5 Å². The van der Waals surface area contributed by atoms with E-state index in [-0.39, 0.29) is 50.4 Å². The van der Waals surface area contributed by atoms with Gasteiger partial charge in [-0.15, -0.1) is 0 Å². The molecule has 0 amide bonds. The largest absolute Gasteiger partial charge is 0.457 e. The highest BCUT2D eigenvalue weighted by Crippen LogP contribution is 2.50. The molecule has 0 saturated carbocycles. The number of carbonyl (C=O) groups excluding carboxylic acids is 2. The molecule has 0 fully saturated rings. The van der Waals surface area contributed by atoms with Crippen molar-refractivity contribution in [3.8, 4) is 44.5 Å². The zero-order valence-electron chi connectivity index (χ0n) is 38.4. The fourth-order valence-corrected chi connectivity index (χ4v) is 12.8. The lowest BCUT2D eigenvalue weighted by molar-refractivity contribution is 0.0464. The van der Waals surface area contributed by atoms with Crippen molar-refractivity contribution < 1.29 is 19.1 Å². The van der Waals surface area contributed by atoms with Crippen LogP contribution < -0.4 is 32.8 Å². The van der Waals surface area contributed by atoms with Gasteiger partial charge in [0.1, 0.15) is 13.2 Å². The molecule has 0 unspecified atom stereocenters. The van der Waals surface area contributed by atoms with Gasteiger partial charge in [-0.2, -0.15) is 0 Å². The second kappa shape index (κ2) is 14.4. The highest BCUT2D eigenvalue weighted by Gasteiger charge is 2.45. The lowest BCUT2D eigenvalue weighted by Crippen LogP contribution is -2.53. The van der Waals surface area contributed by atoms with Crippen LogP contribution in [0, 0.1) is 0 Å². The third kappa shape index (κ3) is 5.40. The Hall–Kier alpha value is -7.69. The fraction of sp³-hybridized carbons (Fsp3) is 0.129. The van der Waals surface area contributed by atoms with Gasteiger partial charge in [0, 0.05) is 0 Å². The molecule has 4 aliphatic rings. The highest BCUT2D eigenvalue weighted by molar-refractivity contribution is 7.03. The van der Waals surface area contributed by atoms with Crippen LogP contribution in [-0.4, -0.2) is 25.4 Å². The Morgan fingerprint density at radius 2 is 0.765 bits per heavy atom. The minimum atomic E-state index is -0.322. The van der Waals surface area contributed by atoms with Gasteiger partial charge in [0.2, 0.25) is 13.4 Å². The van der Waals surface area contributed by atoms with Crippen molar-refractivity contribution in [2.24, 2.45) is 0 Å². The Kier molecular flexibility index (Phi) is 8.36. The van der Waals surface area contributed by atoms with E-state index >= 15 is 0 Å². The maximum Gasteiger partial charge on any atom is 0.338 e. The first kappa shape index (κ1) is 39.5. The number of esters is 2. The standard InChI is InChI=1S/C62H44B2O4/c1-33(2)41-27-43-49-25-37(61(65)67-31-35-15-7-5-8-16-35)23-47-39-19-12-14-22-52(39)64(59(47)49)54-30-46-42(34(3)4)28-44-50-26-38(62(66)68-32-36-17-9-6-10-18-36)24-48-40-20-11-13-21-51(40)63(60(48)50)53-29-45(41)57(55(43)54)58(46)56(44)53/h5-30,33-34H,31-32H2,1-4H3. The molecule has 0 N–H and O–H groups in total. The number of carbonyl (C=O) groups is 2. The second-order valence-corrected chi connectivity index (χ2v) is 20.0. The van der Waals surface area contributed by atoms with Crippen molar-refractivity contribution in [1.82, 2.24) is 0 Å². The number of rotatable bonds is 8. The molecular weight excluding hydrogens is 830 g/mol.